The first-order valence-corrected chi connectivity index (χ1v) is 18.6. The summed E-state index contributed by atoms with van der Waals surface area (Å²) in [7, 11) is 0. The van der Waals surface area contributed by atoms with Crippen molar-refractivity contribution in [1.82, 2.24) is 30.5 Å². The predicted molar refractivity (Wildman–Crippen MR) is 201 cm³/mol. The number of aromatic nitrogens is 3. The molecule has 4 aliphatic rings. The molecule has 6 heterocycles. The molecule has 3 N–H and O–H groups in total. The minimum atomic E-state index is -1.03. The average Bonchev–Trinajstić information content (AvgIpc) is 3.45. The smallest absolute Gasteiger partial charge is 0.262 e. The number of carbonyl (C=O) groups excluding carboxylic acids is 5. The van der Waals surface area contributed by atoms with E-state index in [1.807, 2.05) is 6.07 Å². The molecule has 0 spiro atoms. The van der Waals surface area contributed by atoms with Gasteiger partial charge in [-0.25, -0.2) is 15.0 Å². The Kier molecular flexibility index (Phi) is 9.77. The van der Waals surface area contributed by atoms with Gasteiger partial charge in [0.25, 0.3) is 17.7 Å². The van der Waals surface area contributed by atoms with E-state index >= 15 is 4.39 Å². The number of pyridine rings is 1. The van der Waals surface area contributed by atoms with E-state index in [4.69, 9.17) is 11.6 Å². The van der Waals surface area contributed by atoms with Crippen LogP contribution in [-0.2, 0) is 22.6 Å². The van der Waals surface area contributed by atoms with Crippen LogP contribution >= 0.6 is 11.6 Å². The molecule has 1 atom stereocenters. The number of fused-ring (bicyclic) bond motifs is 2. The molecule has 1 unspecified atom stereocenters. The zero-order chi connectivity index (χ0) is 39.1. The summed E-state index contributed by atoms with van der Waals surface area (Å²) in [6.45, 7) is 2.72. The number of piperidine rings is 2. The lowest BCUT2D eigenvalue weighted by Gasteiger charge is -2.34. The Morgan fingerprint density at radius 2 is 1.70 bits per heavy atom. The number of halogens is 2. The highest BCUT2D eigenvalue weighted by molar-refractivity contribution is 6.32. The van der Waals surface area contributed by atoms with Crippen LogP contribution < -0.4 is 25.8 Å². The quantitative estimate of drug-likeness (QED) is 0.173. The van der Waals surface area contributed by atoms with Crippen molar-refractivity contribution in [3.05, 3.63) is 99.3 Å². The molecule has 0 aliphatic carbocycles. The normalized spacial score (nSPS) is 18.3. The Labute approximate surface area is 324 Å². The molecule has 0 radical (unpaired) electrons. The molecule has 2 fully saturated rings. The van der Waals surface area contributed by atoms with Crippen LogP contribution in [0.3, 0.4) is 0 Å². The van der Waals surface area contributed by atoms with Crippen molar-refractivity contribution in [3.63, 3.8) is 0 Å². The van der Waals surface area contributed by atoms with E-state index in [-0.39, 0.29) is 41.3 Å². The lowest BCUT2D eigenvalue weighted by atomic mass is 9.96. The van der Waals surface area contributed by atoms with E-state index < -0.39 is 41.5 Å². The lowest BCUT2D eigenvalue weighted by Crippen LogP contribution is -2.54. The number of hydrogen-bond donors (Lipinski definition) is 3. The highest BCUT2D eigenvalue weighted by Crippen LogP contribution is 2.33. The summed E-state index contributed by atoms with van der Waals surface area (Å²) in [5.41, 5.74) is 3.95. The number of rotatable bonds is 8. The molecule has 5 amide bonds. The molecule has 4 aromatic rings. The zero-order valence-corrected chi connectivity index (χ0v) is 30.6. The Balaban J connectivity index is 0.840. The minimum Gasteiger partial charge on any atom is -0.371 e. The van der Waals surface area contributed by atoms with Crippen molar-refractivity contribution < 1.29 is 28.4 Å². The van der Waals surface area contributed by atoms with Crippen molar-refractivity contribution in [1.29, 1.82) is 5.26 Å². The molecule has 284 valence electrons. The number of nitrogens with one attached hydrogen (secondary N) is 3. The van der Waals surface area contributed by atoms with Gasteiger partial charge >= 0.3 is 0 Å². The van der Waals surface area contributed by atoms with Crippen LogP contribution in [0.5, 0.6) is 0 Å². The summed E-state index contributed by atoms with van der Waals surface area (Å²) in [4.78, 5) is 81.3. The van der Waals surface area contributed by atoms with Gasteiger partial charge in [-0.1, -0.05) is 11.6 Å². The summed E-state index contributed by atoms with van der Waals surface area (Å²) in [6, 6.07) is 14.3. The molecule has 56 heavy (non-hydrogen) atoms. The fraction of sp³-hybridized carbons (Fsp3) is 0.308. The first kappa shape index (κ1) is 36.5. The lowest BCUT2D eigenvalue weighted by molar-refractivity contribution is -0.136. The van der Waals surface area contributed by atoms with E-state index in [1.54, 1.807) is 30.3 Å². The second kappa shape index (κ2) is 15.0. The van der Waals surface area contributed by atoms with Gasteiger partial charge in [-0.3, -0.25) is 34.2 Å². The number of amides is 5. The second-order valence-corrected chi connectivity index (χ2v) is 14.5. The van der Waals surface area contributed by atoms with Crippen molar-refractivity contribution in [2.75, 3.05) is 41.3 Å². The molecule has 2 aromatic carbocycles. The number of imide groups is 2. The van der Waals surface area contributed by atoms with Crippen LogP contribution in [-0.4, -0.2) is 81.6 Å². The van der Waals surface area contributed by atoms with Crippen LogP contribution in [0.25, 0.3) is 0 Å². The van der Waals surface area contributed by atoms with Crippen molar-refractivity contribution in [2.45, 2.75) is 44.7 Å². The molecule has 0 bridgehead atoms. The van der Waals surface area contributed by atoms with Crippen molar-refractivity contribution in [2.24, 2.45) is 5.92 Å². The van der Waals surface area contributed by atoms with E-state index in [0.29, 0.717) is 55.5 Å². The fourth-order valence-corrected chi connectivity index (χ4v) is 7.87. The van der Waals surface area contributed by atoms with Crippen LogP contribution in [0.4, 0.5) is 27.4 Å². The molecule has 4 aliphatic heterocycles. The monoisotopic (exact) mass is 776 g/mol. The minimum absolute atomic E-state index is 0.0494. The van der Waals surface area contributed by atoms with Gasteiger partial charge in [0, 0.05) is 49.5 Å². The SMILES string of the molecule is N#Cc1ccc(N2CCc3c(ncnc3Nc3ccc(C(=O)NCC4CCN(c5ccc6c(c5)C(=O)N(C5CCC(=O)NC5=O)C6=O)CC4)c(F)n3)C2)cc1Cl. The number of carbonyl (C=O) groups is 5. The summed E-state index contributed by atoms with van der Waals surface area (Å²) in [5.74, 6) is -2.88. The maximum Gasteiger partial charge on any atom is 0.262 e. The number of benzene rings is 2. The maximum atomic E-state index is 15.2. The Morgan fingerprint density at radius 1 is 0.929 bits per heavy atom. The van der Waals surface area contributed by atoms with E-state index in [0.717, 1.165) is 40.4 Å². The van der Waals surface area contributed by atoms with Gasteiger partial charge in [0.15, 0.2) is 0 Å². The number of nitriles is 1. The number of nitrogens with zero attached hydrogens (tertiary/aromatic N) is 7. The molecule has 2 aromatic heterocycles. The van der Waals surface area contributed by atoms with E-state index in [2.05, 4.69) is 46.8 Å². The largest absolute Gasteiger partial charge is 0.371 e. The highest BCUT2D eigenvalue weighted by atomic mass is 35.5. The van der Waals surface area contributed by atoms with Crippen molar-refractivity contribution >= 4 is 64.1 Å². The highest BCUT2D eigenvalue weighted by Gasteiger charge is 2.45. The zero-order valence-electron chi connectivity index (χ0n) is 29.8. The van der Waals surface area contributed by atoms with Gasteiger partial charge in [0.1, 0.15) is 30.1 Å². The molecule has 15 nitrogen and oxygen atoms in total. The molecule has 0 saturated carbocycles. The van der Waals surface area contributed by atoms with Crippen molar-refractivity contribution in [3.8, 4) is 6.07 Å². The van der Waals surface area contributed by atoms with Gasteiger partial charge < -0.3 is 20.4 Å². The second-order valence-electron chi connectivity index (χ2n) is 14.1. The number of hydrogen-bond acceptors (Lipinski definition) is 12. The Morgan fingerprint density at radius 3 is 2.45 bits per heavy atom. The third-order valence-corrected chi connectivity index (χ3v) is 11.1. The molecule has 8 rings (SSSR count). The summed E-state index contributed by atoms with van der Waals surface area (Å²) < 4.78 is 15.2. The molecule has 2 saturated heterocycles. The van der Waals surface area contributed by atoms with E-state index in [9.17, 15) is 29.2 Å². The van der Waals surface area contributed by atoms with Gasteiger partial charge in [-0.15, -0.1) is 0 Å². The molecule has 17 heteroatoms. The predicted octanol–water partition coefficient (Wildman–Crippen LogP) is 3.89. The molecular formula is C39H34ClFN10O5. The number of anilines is 4. The topological polar surface area (TPSA) is 194 Å². The van der Waals surface area contributed by atoms with Crippen LogP contribution in [0, 0.1) is 23.2 Å². The van der Waals surface area contributed by atoms with Crippen LogP contribution in [0.2, 0.25) is 5.02 Å². The van der Waals surface area contributed by atoms with Gasteiger partial charge in [-0.2, -0.15) is 9.65 Å². The fourth-order valence-electron chi connectivity index (χ4n) is 7.65. The standard InChI is InChI=1S/C39H34ClFN10O5/c40-29-16-24(2-1-22(29)17-42)50-14-11-26-30(19-50)44-20-45-35(26)47-32-7-5-27(34(41)46-32)36(53)43-18-21-9-12-49(13-10-21)23-3-4-25-28(15-23)39(56)51(38(25)55)31-6-8-33(52)48-37(31)54/h1-5,7,15-16,20-21,31H,6,8-14,18-19H2,(H,43,53)(H,48,52,54)(H,44,45,46,47). The molecular weight excluding hydrogens is 743 g/mol. The summed E-state index contributed by atoms with van der Waals surface area (Å²) in [5, 5.41) is 17.7. The average molecular weight is 777 g/mol. The summed E-state index contributed by atoms with van der Waals surface area (Å²) >= 11 is 6.25. The Bertz CT molecular complexity index is 2360. The van der Waals surface area contributed by atoms with Gasteiger partial charge in [0.05, 0.1) is 39.5 Å². The maximum absolute atomic E-state index is 15.2. The first-order chi connectivity index (χ1) is 27.1. The van der Waals surface area contributed by atoms with Crippen LogP contribution in [0.15, 0.2) is 54.9 Å². The Hall–Kier alpha value is -6.47. The third-order valence-electron chi connectivity index (χ3n) is 10.7. The van der Waals surface area contributed by atoms with Crippen LogP contribution in [0.1, 0.15) is 73.6 Å². The summed E-state index contributed by atoms with van der Waals surface area (Å²) in [6.07, 6.45) is 3.60. The van der Waals surface area contributed by atoms with Gasteiger partial charge in [0.2, 0.25) is 17.8 Å². The van der Waals surface area contributed by atoms with Gasteiger partial charge in [-0.05, 0) is 80.1 Å². The van der Waals surface area contributed by atoms with E-state index in [1.165, 1.54) is 18.5 Å². The first-order valence-electron chi connectivity index (χ1n) is 18.2. The third kappa shape index (κ3) is 6.97.